The first-order valence-corrected chi connectivity index (χ1v) is 13.9. The Kier molecular flexibility index (Phi) is 9.95. The Balaban J connectivity index is 1.43. The van der Waals surface area contributed by atoms with Gasteiger partial charge in [-0.05, 0) is 91.7 Å². The Hall–Kier alpha value is -4.40. The first-order chi connectivity index (χ1) is 19.7. The maximum Gasteiger partial charge on any atom is 0.272 e. The summed E-state index contributed by atoms with van der Waals surface area (Å²) in [6.45, 7) is 3.65. The molecule has 9 heteroatoms. The van der Waals surface area contributed by atoms with E-state index in [1.807, 2.05) is 6.92 Å². The lowest BCUT2D eigenvalue weighted by atomic mass is 10.1. The predicted octanol–water partition coefficient (Wildman–Crippen LogP) is 7.32. The topological polar surface area (TPSA) is 87.3 Å². The molecule has 0 fully saturated rings. The van der Waals surface area contributed by atoms with Gasteiger partial charge in [-0.1, -0.05) is 48.0 Å². The van der Waals surface area contributed by atoms with Crippen LogP contribution in [0.1, 0.15) is 28.4 Å². The van der Waals surface area contributed by atoms with Gasteiger partial charge in [-0.15, -0.1) is 11.8 Å². The van der Waals surface area contributed by atoms with E-state index < -0.39 is 22.9 Å². The zero-order valence-corrected chi connectivity index (χ0v) is 23.9. The van der Waals surface area contributed by atoms with E-state index in [0.29, 0.717) is 27.5 Å². The zero-order chi connectivity index (χ0) is 29.4. The van der Waals surface area contributed by atoms with E-state index in [9.17, 15) is 18.8 Å². The largest absolute Gasteiger partial charge is 0.325 e. The van der Waals surface area contributed by atoms with Crippen molar-refractivity contribution >= 4 is 58.5 Å². The molecule has 4 aromatic carbocycles. The fourth-order valence-corrected chi connectivity index (χ4v) is 4.76. The van der Waals surface area contributed by atoms with Crippen molar-refractivity contribution in [1.82, 2.24) is 5.32 Å². The molecule has 0 aromatic heterocycles. The van der Waals surface area contributed by atoms with E-state index in [1.54, 1.807) is 79.7 Å². The number of benzene rings is 4. The summed E-state index contributed by atoms with van der Waals surface area (Å²) in [4.78, 5) is 39.5. The third-order valence-corrected chi connectivity index (χ3v) is 7.55. The van der Waals surface area contributed by atoms with E-state index >= 15 is 0 Å². The Morgan fingerprint density at radius 2 is 1.54 bits per heavy atom. The summed E-state index contributed by atoms with van der Waals surface area (Å²) in [6.07, 6.45) is 1.47. The molecule has 1 unspecified atom stereocenters. The van der Waals surface area contributed by atoms with Crippen LogP contribution < -0.4 is 16.0 Å². The first-order valence-electron chi connectivity index (χ1n) is 12.7. The Morgan fingerprint density at radius 1 is 0.854 bits per heavy atom. The summed E-state index contributed by atoms with van der Waals surface area (Å²) in [6, 6.07) is 26.4. The van der Waals surface area contributed by atoms with Crippen molar-refractivity contribution in [3.8, 4) is 0 Å². The Morgan fingerprint density at radius 3 is 2.22 bits per heavy atom. The van der Waals surface area contributed by atoms with Crippen molar-refractivity contribution in [2.45, 2.75) is 24.0 Å². The highest BCUT2D eigenvalue weighted by Crippen LogP contribution is 2.28. The lowest BCUT2D eigenvalue weighted by molar-refractivity contribution is -0.115. The summed E-state index contributed by atoms with van der Waals surface area (Å²) in [5.41, 5.74) is 2.87. The summed E-state index contributed by atoms with van der Waals surface area (Å²) in [7, 11) is 0. The van der Waals surface area contributed by atoms with Crippen LogP contribution in [-0.2, 0) is 9.59 Å². The molecular formula is C32H27ClFN3O3S. The minimum Gasteiger partial charge on any atom is -0.325 e. The molecule has 0 radical (unpaired) electrons. The minimum absolute atomic E-state index is 0.00878. The molecular weight excluding hydrogens is 561 g/mol. The van der Waals surface area contributed by atoms with Gasteiger partial charge in [0.05, 0.1) is 5.25 Å². The smallest absolute Gasteiger partial charge is 0.272 e. The number of amides is 3. The molecule has 4 rings (SSSR count). The fourth-order valence-electron chi connectivity index (χ4n) is 3.72. The predicted molar refractivity (Wildman–Crippen MR) is 163 cm³/mol. The standard InChI is InChI=1S/C32H27ClFN3O3S/c1-20-27(33)9-6-10-28(20)36-30(38)21(2)41-26-17-15-25(16-18-26)35-32(40)29(19-22-11-13-24(34)14-12-22)37-31(39)23-7-4-3-5-8-23/h3-19,21H,1-2H3,(H,35,40)(H,36,38)(H,37,39)/b29-19-. The number of hydrogen-bond acceptors (Lipinski definition) is 4. The zero-order valence-electron chi connectivity index (χ0n) is 22.3. The van der Waals surface area contributed by atoms with Gasteiger partial charge in [0, 0.05) is 26.9 Å². The number of anilines is 2. The van der Waals surface area contributed by atoms with Gasteiger partial charge in [0.25, 0.3) is 11.8 Å². The number of carbonyl (C=O) groups excluding carboxylic acids is 3. The average Bonchev–Trinajstić information content (AvgIpc) is 2.97. The van der Waals surface area contributed by atoms with Crippen LogP contribution in [-0.4, -0.2) is 23.0 Å². The molecule has 0 heterocycles. The lowest BCUT2D eigenvalue weighted by Gasteiger charge is -2.15. The summed E-state index contributed by atoms with van der Waals surface area (Å²) >= 11 is 7.52. The van der Waals surface area contributed by atoms with Gasteiger partial charge in [-0.25, -0.2) is 4.39 Å². The van der Waals surface area contributed by atoms with Crippen molar-refractivity contribution in [2.24, 2.45) is 0 Å². The van der Waals surface area contributed by atoms with Crippen molar-refractivity contribution in [3.05, 3.63) is 130 Å². The van der Waals surface area contributed by atoms with E-state index in [1.165, 1.54) is 42.1 Å². The van der Waals surface area contributed by atoms with Gasteiger partial charge in [-0.3, -0.25) is 14.4 Å². The molecule has 0 aliphatic heterocycles. The van der Waals surface area contributed by atoms with Crippen LogP contribution in [0.15, 0.2) is 108 Å². The quantitative estimate of drug-likeness (QED) is 0.141. The summed E-state index contributed by atoms with van der Waals surface area (Å²) in [5, 5.41) is 8.53. The molecule has 0 saturated heterocycles. The molecule has 4 aromatic rings. The second-order valence-corrected chi connectivity index (χ2v) is 10.9. The molecule has 208 valence electrons. The second-order valence-electron chi connectivity index (χ2n) is 9.07. The molecule has 41 heavy (non-hydrogen) atoms. The van der Waals surface area contributed by atoms with Crippen LogP contribution in [0.5, 0.6) is 0 Å². The van der Waals surface area contributed by atoms with Crippen LogP contribution in [0.3, 0.4) is 0 Å². The highest BCUT2D eigenvalue weighted by atomic mass is 35.5. The van der Waals surface area contributed by atoms with E-state index in [-0.39, 0.29) is 11.6 Å². The van der Waals surface area contributed by atoms with Gasteiger partial charge in [-0.2, -0.15) is 0 Å². The van der Waals surface area contributed by atoms with E-state index in [2.05, 4.69) is 16.0 Å². The van der Waals surface area contributed by atoms with Crippen LogP contribution >= 0.6 is 23.4 Å². The third kappa shape index (κ3) is 8.30. The number of thioether (sulfide) groups is 1. The average molecular weight is 588 g/mol. The Labute approximate surface area is 247 Å². The van der Waals surface area contributed by atoms with E-state index in [0.717, 1.165) is 10.5 Å². The maximum atomic E-state index is 13.4. The number of halogens is 2. The van der Waals surface area contributed by atoms with Crippen LogP contribution in [0.2, 0.25) is 5.02 Å². The molecule has 0 bridgehead atoms. The first kappa shape index (κ1) is 29.6. The molecule has 3 amide bonds. The molecule has 1 atom stereocenters. The molecule has 0 spiro atoms. The fraction of sp³-hybridized carbons (Fsp3) is 0.0938. The molecule has 0 aliphatic carbocycles. The van der Waals surface area contributed by atoms with Crippen molar-refractivity contribution < 1.29 is 18.8 Å². The normalized spacial score (nSPS) is 11.9. The summed E-state index contributed by atoms with van der Waals surface area (Å²) in [5.74, 6) is -1.59. The number of carbonyl (C=O) groups is 3. The number of rotatable bonds is 9. The van der Waals surface area contributed by atoms with Crippen LogP contribution in [0.4, 0.5) is 15.8 Å². The van der Waals surface area contributed by atoms with Crippen LogP contribution in [0, 0.1) is 12.7 Å². The summed E-state index contributed by atoms with van der Waals surface area (Å²) < 4.78 is 13.4. The monoisotopic (exact) mass is 587 g/mol. The number of nitrogens with one attached hydrogen (secondary N) is 3. The van der Waals surface area contributed by atoms with Crippen molar-refractivity contribution in [3.63, 3.8) is 0 Å². The SMILES string of the molecule is Cc1c(Cl)cccc1NC(=O)C(C)Sc1ccc(NC(=O)/C(=C/c2ccc(F)cc2)NC(=O)c2ccccc2)cc1. The van der Waals surface area contributed by atoms with Gasteiger partial charge >= 0.3 is 0 Å². The molecule has 0 saturated carbocycles. The lowest BCUT2D eigenvalue weighted by Crippen LogP contribution is -2.30. The third-order valence-electron chi connectivity index (χ3n) is 6.03. The minimum atomic E-state index is -0.552. The van der Waals surface area contributed by atoms with Gasteiger partial charge in [0.1, 0.15) is 11.5 Å². The molecule has 0 aliphatic rings. The van der Waals surface area contributed by atoms with Gasteiger partial charge in [0.2, 0.25) is 5.91 Å². The molecule has 3 N–H and O–H groups in total. The highest BCUT2D eigenvalue weighted by molar-refractivity contribution is 8.00. The Bertz CT molecular complexity index is 1580. The van der Waals surface area contributed by atoms with Gasteiger partial charge in [0.15, 0.2) is 0 Å². The van der Waals surface area contributed by atoms with Gasteiger partial charge < -0.3 is 16.0 Å². The maximum absolute atomic E-state index is 13.4. The van der Waals surface area contributed by atoms with Crippen LogP contribution in [0.25, 0.3) is 6.08 Å². The van der Waals surface area contributed by atoms with Crippen molar-refractivity contribution in [2.75, 3.05) is 10.6 Å². The van der Waals surface area contributed by atoms with E-state index in [4.69, 9.17) is 11.6 Å². The second kappa shape index (κ2) is 13.8. The van der Waals surface area contributed by atoms with Crippen molar-refractivity contribution in [1.29, 1.82) is 0 Å². The highest BCUT2D eigenvalue weighted by Gasteiger charge is 2.17. The number of hydrogen-bond donors (Lipinski definition) is 3. The molecule has 6 nitrogen and oxygen atoms in total.